The molecule has 0 spiro atoms. The molecule has 1 aliphatic rings. The molecule has 1 heterocycles. The van der Waals surface area contributed by atoms with Crippen LogP contribution in [0.5, 0.6) is 0 Å². The molecule has 0 bridgehead atoms. The third kappa shape index (κ3) is 5.19. The zero-order chi connectivity index (χ0) is 18.6. The van der Waals surface area contributed by atoms with E-state index in [1.165, 1.54) is 0 Å². The normalized spacial score (nSPS) is 15.3. The van der Waals surface area contributed by atoms with Gasteiger partial charge in [-0.25, -0.2) is 0 Å². The van der Waals surface area contributed by atoms with Crippen LogP contribution >= 0.6 is 11.6 Å². The minimum atomic E-state index is -0.804. The number of hydrogen-bond donors (Lipinski definition) is 2. The lowest BCUT2D eigenvalue weighted by Gasteiger charge is -2.31. The van der Waals surface area contributed by atoms with Gasteiger partial charge in [0.05, 0.1) is 10.6 Å². The van der Waals surface area contributed by atoms with Crippen LogP contribution in [0.2, 0.25) is 5.02 Å². The summed E-state index contributed by atoms with van der Waals surface area (Å²) >= 11 is 6.17. The van der Waals surface area contributed by atoms with Crippen molar-refractivity contribution in [3.63, 3.8) is 0 Å². The van der Waals surface area contributed by atoms with Crippen LogP contribution in [0.25, 0.3) is 0 Å². The van der Waals surface area contributed by atoms with E-state index in [1.54, 1.807) is 36.9 Å². The Morgan fingerprint density at radius 3 is 2.48 bits per heavy atom. The minimum absolute atomic E-state index is 0.105. The van der Waals surface area contributed by atoms with Gasteiger partial charge in [-0.15, -0.1) is 0 Å². The average Bonchev–Trinajstić information content (AvgIpc) is 2.56. The van der Waals surface area contributed by atoms with Crippen molar-refractivity contribution in [3.05, 3.63) is 28.8 Å². The number of rotatable bonds is 5. The Kier molecular flexibility index (Phi) is 6.42. The number of likely N-dealkylation sites (tertiary alicyclic amines) is 1. The van der Waals surface area contributed by atoms with Crippen molar-refractivity contribution in [2.45, 2.75) is 33.1 Å². The second kappa shape index (κ2) is 8.34. The number of hydrogen-bond acceptors (Lipinski definition) is 3. The molecule has 1 saturated heterocycles. The fourth-order valence-corrected chi connectivity index (χ4v) is 3.01. The molecule has 1 aliphatic heterocycles. The summed E-state index contributed by atoms with van der Waals surface area (Å²) in [7, 11) is 0. The molecule has 25 heavy (non-hydrogen) atoms. The van der Waals surface area contributed by atoms with E-state index in [2.05, 4.69) is 5.32 Å². The summed E-state index contributed by atoms with van der Waals surface area (Å²) in [4.78, 5) is 37.0. The molecule has 0 aliphatic carbocycles. The number of benzene rings is 1. The van der Waals surface area contributed by atoms with Gasteiger partial charge in [-0.3, -0.25) is 14.4 Å². The van der Waals surface area contributed by atoms with E-state index in [9.17, 15) is 14.4 Å². The molecule has 0 radical (unpaired) electrons. The van der Waals surface area contributed by atoms with E-state index in [1.807, 2.05) is 0 Å². The molecule has 1 aromatic carbocycles. The molecule has 1 fully saturated rings. The standard InChI is InChI=1S/C18H23ClN2O4/c1-11(2)17(24)20-13-3-4-15(19)14(10-13)18(25)21-7-5-12(6-8-21)9-16(22)23/h3-4,10-12H,5-9H2,1-2H3,(H,20,24)(H,22,23). The van der Waals surface area contributed by atoms with Crippen molar-refractivity contribution in [1.82, 2.24) is 4.90 Å². The number of anilines is 1. The van der Waals surface area contributed by atoms with Gasteiger partial charge in [0.15, 0.2) is 0 Å². The van der Waals surface area contributed by atoms with Crippen molar-refractivity contribution in [3.8, 4) is 0 Å². The van der Waals surface area contributed by atoms with E-state index in [0.29, 0.717) is 42.2 Å². The summed E-state index contributed by atoms with van der Waals surface area (Å²) in [5.41, 5.74) is 0.882. The monoisotopic (exact) mass is 366 g/mol. The lowest BCUT2D eigenvalue weighted by Crippen LogP contribution is -2.39. The van der Waals surface area contributed by atoms with Crippen molar-refractivity contribution in [2.75, 3.05) is 18.4 Å². The number of amides is 2. The first kappa shape index (κ1) is 19.2. The van der Waals surface area contributed by atoms with Gasteiger partial charge in [-0.05, 0) is 37.0 Å². The first-order valence-electron chi connectivity index (χ1n) is 8.39. The number of nitrogens with one attached hydrogen (secondary N) is 1. The molecule has 136 valence electrons. The zero-order valence-corrected chi connectivity index (χ0v) is 15.2. The second-order valence-corrected chi connectivity index (χ2v) is 7.08. The lowest BCUT2D eigenvalue weighted by atomic mass is 9.93. The van der Waals surface area contributed by atoms with Crippen LogP contribution < -0.4 is 5.32 Å². The molecule has 0 saturated carbocycles. The fourth-order valence-electron chi connectivity index (χ4n) is 2.81. The molecule has 1 aromatic rings. The first-order chi connectivity index (χ1) is 11.8. The molecule has 2 amide bonds. The van der Waals surface area contributed by atoms with Gasteiger partial charge in [-0.2, -0.15) is 0 Å². The molecule has 7 heteroatoms. The molecule has 6 nitrogen and oxygen atoms in total. The molecule has 2 rings (SSSR count). The highest BCUT2D eigenvalue weighted by Crippen LogP contribution is 2.26. The Labute approximate surface area is 152 Å². The van der Waals surface area contributed by atoms with E-state index in [4.69, 9.17) is 16.7 Å². The summed E-state index contributed by atoms with van der Waals surface area (Å²) < 4.78 is 0. The molecule has 0 unspecified atom stereocenters. The van der Waals surface area contributed by atoms with E-state index >= 15 is 0 Å². The predicted molar refractivity (Wildman–Crippen MR) is 95.8 cm³/mol. The van der Waals surface area contributed by atoms with Gasteiger partial charge in [0.25, 0.3) is 5.91 Å². The van der Waals surface area contributed by atoms with Gasteiger partial charge in [0.2, 0.25) is 5.91 Å². The highest BCUT2D eigenvalue weighted by molar-refractivity contribution is 6.34. The highest BCUT2D eigenvalue weighted by atomic mass is 35.5. The Balaban J connectivity index is 2.06. The SMILES string of the molecule is CC(C)C(=O)Nc1ccc(Cl)c(C(=O)N2CCC(CC(=O)O)CC2)c1. The highest BCUT2D eigenvalue weighted by Gasteiger charge is 2.26. The Bertz CT molecular complexity index is 667. The zero-order valence-electron chi connectivity index (χ0n) is 14.4. The fraction of sp³-hybridized carbons (Fsp3) is 0.500. The number of halogens is 1. The van der Waals surface area contributed by atoms with Gasteiger partial charge >= 0.3 is 5.97 Å². The number of carbonyl (C=O) groups excluding carboxylic acids is 2. The number of carbonyl (C=O) groups is 3. The molecular formula is C18H23ClN2O4. The maximum atomic E-state index is 12.7. The maximum absolute atomic E-state index is 12.7. The second-order valence-electron chi connectivity index (χ2n) is 6.67. The number of piperidine rings is 1. The van der Waals surface area contributed by atoms with Crippen molar-refractivity contribution >= 4 is 35.1 Å². The summed E-state index contributed by atoms with van der Waals surface area (Å²) in [6.45, 7) is 4.60. The summed E-state index contributed by atoms with van der Waals surface area (Å²) in [6, 6.07) is 4.86. The van der Waals surface area contributed by atoms with Crippen LogP contribution in [0, 0.1) is 11.8 Å². The number of carboxylic acids is 1. The van der Waals surface area contributed by atoms with Crippen molar-refractivity contribution in [2.24, 2.45) is 11.8 Å². The van der Waals surface area contributed by atoms with Crippen LogP contribution in [0.4, 0.5) is 5.69 Å². The van der Waals surface area contributed by atoms with Crippen LogP contribution in [0.1, 0.15) is 43.5 Å². The largest absolute Gasteiger partial charge is 0.481 e. The number of nitrogens with zero attached hydrogens (tertiary/aromatic N) is 1. The Morgan fingerprint density at radius 1 is 1.28 bits per heavy atom. The van der Waals surface area contributed by atoms with Gasteiger partial charge in [0, 0.05) is 31.1 Å². The molecule has 0 atom stereocenters. The maximum Gasteiger partial charge on any atom is 0.303 e. The average molecular weight is 367 g/mol. The number of aliphatic carboxylic acids is 1. The third-order valence-electron chi connectivity index (χ3n) is 4.35. The predicted octanol–water partition coefficient (Wildman–Crippen LogP) is 3.26. The van der Waals surface area contributed by atoms with E-state index in [0.717, 1.165) is 0 Å². The van der Waals surface area contributed by atoms with Crippen molar-refractivity contribution < 1.29 is 19.5 Å². The lowest BCUT2D eigenvalue weighted by molar-refractivity contribution is -0.138. The molecular weight excluding hydrogens is 344 g/mol. The van der Waals surface area contributed by atoms with Crippen LogP contribution in [-0.4, -0.2) is 40.9 Å². The topological polar surface area (TPSA) is 86.7 Å². The molecule has 0 aromatic heterocycles. The molecule has 2 N–H and O–H groups in total. The van der Waals surface area contributed by atoms with Crippen LogP contribution in [-0.2, 0) is 9.59 Å². The summed E-state index contributed by atoms with van der Waals surface area (Å²) in [5, 5.41) is 12.0. The van der Waals surface area contributed by atoms with Crippen LogP contribution in [0.3, 0.4) is 0 Å². The van der Waals surface area contributed by atoms with E-state index in [-0.39, 0.29) is 30.1 Å². The van der Waals surface area contributed by atoms with Gasteiger partial charge < -0.3 is 15.3 Å². The number of carboxylic acid groups (broad SMARTS) is 1. The summed E-state index contributed by atoms with van der Waals surface area (Å²) in [5.74, 6) is -1.19. The Morgan fingerprint density at radius 2 is 1.92 bits per heavy atom. The minimum Gasteiger partial charge on any atom is -0.481 e. The quantitative estimate of drug-likeness (QED) is 0.837. The Hall–Kier alpha value is -2.08. The van der Waals surface area contributed by atoms with Crippen molar-refractivity contribution in [1.29, 1.82) is 0 Å². The van der Waals surface area contributed by atoms with Gasteiger partial charge in [-0.1, -0.05) is 25.4 Å². The third-order valence-corrected chi connectivity index (χ3v) is 4.68. The van der Waals surface area contributed by atoms with Crippen LogP contribution in [0.15, 0.2) is 18.2 Å². The smallest absolute Gasteiger partial charge is 0.303 e. The summed E-state index contributed by atoms with van der Waals surface area (Å²) in [6.07, 6.45) is 1.47. The van der Waals surface area contributed by atoms with E-state index < -0.39 is 5.97 Å². The first-order valence-corrected chi connectivity index (χ1v) is 8.77. The van der Waals surface area contributed by atoms with Gasteiger partial charge in [0.1, 0.15) is 0 Å².